The molecule has 0 bridgehead atoms. The van der Waals surface area contributed by atoms with Crippen molar-refractivity contribution >= 4 is 29.3 Å². The Balaban J connectivity index is 1.79. The number of pyridine rings is 1. The number of nitrogens with zero attached hydrogens (tertiary/aromatic N) is 1. The van der Waals surface area contributed by atoms with E-state index in [4.69, 9.17) is 22.1 Å². The van der Waals surface area contributed by atoms with Crippen LogP contribution in [0.25, 0.3) is 0 Å². The first-order chi connectivity index (χ1) is 16.1. The van der Waals surface area contributed by atoms with E-state index in [9.17, 15) is 14.4 Å². The van der Waals surface area contributed by atoms with Crippen LogP contribution in [0.4, 0.5) is 10.5 Å². The molecule has 8 nitrogen and oxygen atoms in total. The minimum atomic E-state index is -0.736. The van der Waals surface area contributed by atoms with Gasteiger partial charge in [-0.1, -0.05) is 11.6 Å². The predicted molar refractivity (Wildman–Crippen MR) is 134 cm³/mol. The molecule has 1 aromatic heterocycles. The van der Waals surface area contributed by atoms with Crippen molar-refractivity contribution in [2.45, 2.75) is 72.1 Å². The van der Waals surface area contributed by atoms with Gasteiger partial charge < -0.3 is 25.7 Å². The number of halogens is 1. The summed E-state index contributed by atoms with van der Waals surface area (Å²) in [4.78, 5) is 41.5. The first kappa shape index (κ1) is 25.6. The molecule has 1 aliphatic carbocycles. The van der Waals surface area contributed by atoms with E-state index in [1.165, 1.54) is 0 Å². The van der Waals surface area contributed by atoms with Gasteiger partial charge in [-0.3, -0.25) is 9.59 Å². The fourth-order valence-corrected chi connectivity index (χ4v) is 5.04. The summed E-state index contributed by atoms with van der Waals surface area (Å²) in [5.74, 6) is -0.282. The first-order valence-corrected chi connectivity index (χ1v) is 12.0. The van der Waals surface area contributed by atoms with Crippen molar-refractivity contribution in [2.75, 3.05) is 11.4 Å². The van der Waals surface area contributed by atoms with Gasteiger partial charge in [-0.25, -0.2) is 4.79 Å². The van der Waals surface area contributed by atoms with Gasteiger partial charge in [0.1, 0.15) is 6.10 Å². The lowest BCUT2D eigenvalue weighted by molar-refractivity contribution is 0.0784. The number of benzene rings is 1. The van der Waals surface area contributed by atoms with Crippen LogP contribution in [-0.2, 0) is 11.3 Å². The molecule has 0 aliphatic heterocycles. The zero-order chi connectivity index (χ0) is 25.0. The number of anilines is 1. The maximum atomic E-state index is 13.1. The Bertz CT molecular complexity index is 1120. The highest BCUT2D eigenvalue weighted by atomic mass is 35.5. The quantitative estimate of drug-likeness (QED) is 0.542. The lowest BCUT2D eigenvalue weighted by Crippen LogP contribution is -2.41. The van der Waals surface area contributed by atoms with Crippen molar-refractivity contribution in [1.29, 1.82) is 0 Å². The lowest BCUT2D eigenvalue weighted by atomic mass is 9.90. The number of aromatic nitrogens is 1. The number of amides is 2. The summed E-state index contributed by atoms with van der Waals surface area (Å²) in [5.41, 5.74) is 9.32. The van der Waals surface area contributed by atoms with Crippen LogP contribution < -0.4 is 21.5 Å². The molecule has 0 radical (unpaired) electrons. The lowest BCUT2D eigenvalue weighted by Gasteiger charge is -2.38. The molecular weight excluding hydrogens is 456 g/mol. The molecule has 0 spiro atoms. The van der Waals surface area contributed by atoms with Crippen LogP contribution in [0.3, 0.4) is 0 Å². The minimum Gasteiger partial charge on any atom is -0.446 e. The van der Waals surface area contributed by atoms with Crippen LogP contribution in [-0.4, -0.2) is 35.7 Å². The summed E-state index contributed by atoms with van der Waals surface area (Å²) in [6, 6.07) is 5.67. The monoisotopic (exact) mass is 488 g/mol. The SMILES string of the molecule is CCN(c1cc(Cl)cc(C(=O)NCc2c(C)cc(C)[nH]c2=O)c1C)C1CCC(OC(N)=O)CC1. The van der Waals surface area contributed by atoms with Gasteiger partial charge in [-0.05, 0) is 82.7 Å². The maximum Gasteiger partial charge on any atom is 0.404 e. The van der Waals surface area contributed by atoms with Gasteiger partial charge in [0, 0.05) is 46.7 Å². The second-order valence-corrected chi connectivity index (χ2v) is 9.31. The fourth-order valence-electron chi connectivity index (χ4n) is 4.83. The summed E-state index contributed by atoms with van der Waals surface area (Å²) >= 11 is 6.44. The molecule has 0 atom stereocenters. The molecule has 0 saturated heterocycles. The van der Waals surface area contributed by atoms with Crippen LogP contribution in [0.1, 0.15) is 65.3 Å². The number of nitrogens with two attached hydrogens (primary N) is 1. The van der Waals surface area contributed by atoms with Gasteiger partial charge in [-0.2, -0.15) is 0 Å². The summed E-state index contributed by atoms with van der Waals surface area (Å²) in [6.45, 7) is 8.53. The number of hydrogen-bond donors (Lipinski definition) is 3. The highest BCUT2D eigenvalue weighted by molar-refractivity contribution is 6.31. The second kappa shape index (κ2) is 11.0. The van der Waals surface area contributed by atoms with Crippen molar-refractivity contribution in [1.82, 2.24) is 10.3 Å². The Morgan fingerprint density at radius 3 is 2.44 bits per heavy atom. The van der Waals surface area contributed by atoms with Crippen molar-refractivity contribution in [3.8, 4) is 0 Å². The average Bonchev–Trinajstić information content (AvgIpc) is 2.76. The molecule has 0 unspecified atom stereocenters. The van der Waals surface area contributed by atoms with Crippen molar-refractivity contribution in [3.05, 3.63) is 61.5 Å². The molecule has 1 heterocycles. The predicted octanol–water partition coefficient (Wildman–Crippen LogP) is 4.12. The number of aromatic amines is 1. The topological polar surface area (TPSA) is 118 Å². The third-order valence-electron chi connectivity index (χ3n) is 6.53. The second-order valence-electron chi connectivity index (χ2n) is 8.88. The summed E-state index contributed by atoms with van der Waals surface area (Å²) in [6.07, 6.45) is 2.27. The Labute approximate surface area is 204 Å². The number of H-pyrrole nitrogens is 1. The van der Waals surface area contributed by atoms with Crippen LogP contribution in [0, 0.1) is 20.8 Å². The van der Waals surface area contributed by atoms with E-state index in [2.05, 4.69) is 22.1 Å². The standard InChI is InChI=1S/C25H33ClN4O4/c1-5-30(18-6-8-19(9-7-18)34-25(27)33)22-12-17(26)11-20(16(22)4)23(31)28-13-21-14(2)10-15(3)29-24(21)32/h10-12,18-19H,5-9,13H2,1-4H3,(H2,27,33)(H,28,31)(H,29,32). The largest absolute Gasteiger partial charge is 0.446 e. The van der Waals surface area contributed by atoms with E-state index in [-0.39, 0.29) is 30.2 Å². The van der Waals surface area contributed by atoms with E-state index >= 15 is 0 Å². The molecule has 3 rings (SSSR count). The Hall–Kier alpha value is -3.00. The van der Waals surface area contributed by atoms with Gasteiger partial charge >= 0.3 is 6.09 Å². The number of rotatable bonds is 7. The van der Waals surface area contributed by atoms with Gasteiger partial charge in [0.15, 0.2) is 0 Å². The number of carbonyl (C=O) groups is 2. The summed E-state index contributed by atoms with van der Waals surface area (Å²) in [7, 11) is 0. The number of hydrogen-bond acceptors (Lipinski definition) is 5. The van der Waals surface area contributed by atoms with Crippen molar-refractivity contribution in [2.24, 2.45) is 5.73 Å². The Morgan fingerprint density at radius 1 is 1.18 bits per heavy atom. The molecule has 4 N–H and O–H groups in total. The van der Waals surface area contributed by atoms with Crippen LogP contribution >= 0.6 is 11.6 Å². The highest BCUT2D eigenvalue weighted by Crippen LogP contribution is 2.34. The fraction of sp³-hybridized carbons (Fsp3) is 0.480. The molecule has 1 saturated carbocycles. The molecule has 9 heteroatoms. The highest BCUT2D eigenvalue weighted by Gasteiger charge is 2.28. The summed E-state index contributed by atoms with van der Waals surface area (Å²) < 4.78 is 5.16. The number of nitrogens with one attached hydrogen (secondary N) is 2. The minimum absolute atomic E-state index is 0.128. The van der Waals surface area contributed by atoms with Gasteiger partial charge in [0.25, 0.3) is 11.5 Å². The van der Waals surface area contributed by atoms with Gasteiger partial charge in [-0.15, -0.1) is 0 Å². The van der Waals surface area contributed by atoms with E-state index in [0.29, 0.717) is 16.1 Å². The third-order valence-corrected chi connectivity index (χ3v) is 6.74. The average molecular weight is 489 g/mol. The van der Waals surface area contributed by atoms with Gasteiger partial charge in [0.05, 0.1) is 0 Å². The molecule has 184 valence electrons. The van der Waals surface area contributed by atoms with Gasteiger partial charge in [0.2, 0.25) is 0 Å². The van der Waals surface area contributed by atoms with Crippen molar-refractivity contribution < 1.29 is 14.3 Å². The van der Waals surface area contributed by atoms with E-state index in [1.807, 2.05) is 32.9 Å². The number of aryl methyl sites for hydroxylation is 2. The van der Waals surface area contributed by atoms with Crippen molar-refractivity contribution in [3.63, 3.8) is 0 Å². The third kappa shape index (κ3) is 5.91. The Morgan fingerprint density at radius 2 is 1.85 bits per heavy atom. The molecule has 1 aromatic carbocycles. The zero-order valence-corrected chi connectivity index (χ0v) is 20.9. The van der Waals surface area contributed by atoms with E-state index < -0.39 is 6.09 Å². The summed E-state index contributed by atoms with van der Waals surface area (Å²) in [5, 5.41) is 3.35. The van der Waals surface area contributed by atoms with E-state index in [0.717, 1.165) is 54.7 Å². The zero-order valence-electron chi connectivity index (χ0n) is 20.2. The molecule has 1 fully saturated rings. The van der Waals surface area contributed by atoms with Crippen LogP contribution in [0.5, 0.6) is 0 Å². The number of ether oxygens (including phenoxy) is 1. The Kier molecular flexibility index (Phi) is 8.25. The molecule has 2 aromatic rings. The molecule has 2 amide bonds. The molecule has 34 heavy (non-hydrogen) atoms. The number of carbonyl (C=O) groups excluding carboxylic acids is 2. The first-order valence-electron chi connectivity index (χ1n) is 11.6. The van der Waals surface area contributed by atoms with E-state index in [1.54, 1.807) is 6.07 Å². The smallest absolute Gasteiger partial charge is 0.404 e. The normalized spacial score (nSPS) is 17.8. The number of primary amides is 1. The molecular formula is C25H33ClN4O4. The van der Waals surface area contributed by atoms with Crippen LogP contribution in [0.2, 0.25) is 5.02 Å². The van der Waals surface area contributed by atoms with Crippen LogP contribution in [0.15, 0.2) is 23.0 Å². The maximum absolute atomic E-state index is 13.1. The molecule has 1 aliphatic rings.